The zero-order valence-corrected chi connectivity index (χ0v) is 23.9. The van der Waals surface area contributed by atoms with Crippen molar-refractivity contribution in [2.24, 2.45) is 4.99 Å². The van der Waals surface area contributed by atoms with Gasteiger partial charge in [-0.25, -0.2) is 4.98 Å². The fourth-order valence-corrected chi connectivity index (χ4v) is 6.74. The molecule has 0 amide bonds. The van der Waals surface area contributed by atoms with Gasteiger partial charge >= 0.3 is 0 Å². The van der Waals surface area contributed by atoms with Gasteiger partial charge in [-0.1, -0.05) is 121 Å². The predicted molar refractivity (Wildman–Crippen MR) is 186 cm³/mol. The van der Waals surface area contributed by atoms with E-state index >= 15 is 0 Å². The van der Waals surface area contributed by atoms with Crippen LogP contribution < -0.4 is 0 Å². The van der Waals surface area contributed by atoms with Crippen LogP contribution in [-0.4, -0.2) is 17.4 Å². The van der Waals surface area contributed by atoms with E-state index in [0.29, 0.717) is 0 Å². The van der Waals surface area contributed by atoms with Gasteiger partial charge in [-0.15, -0.1) is 0 Å². The molecule has 1 aliphatic rings. The fraction of sp³-hybridized carbons (Fsp3) is 0. The van der Waals surface area contributed by atoms with Gasteiger partial charge in [-0.05, 0) is 84.3 Å². The molecule has 206 valence electrons. The average molecular weight is 562 g/mol. The van der Waals surface area contributed by atoms with Crippen molar-refractivity contribution in [3.05, 3.63) is 145 Å². The van der Waals surface area contributed by atoms with E-state index < -0.39 is 0 Å². The van der Waals surface area contributed by atoms with Gasteiger partial charge in [0, 0.05) is 24.2 Å². The highest BCUT2D eigenvalue weighted by molar-refractivity contribution is 6.28. The number of nitrogens with zero attached hydrogens (tertiary/aromatic N) is 2. The summed E-state index contributed by atoms with van der Waals surface area (Å²) in [6, 6.07) is 47.8. The van der Waals surface area contributed by atoms with E-state index in [9.17, 15) is 0 Å². The first kappa shape index (κ1) is 25.8. The second-order valence-electron chi connectivity index (χ2n) is 10.9. The van der Waals surface area contributed by atoms with Crippen LogP contribution in [0.15, 0.2) is 145 Å². The van der Waals surface area contributed by atoms with Crippen molar-refractivity contribution in [1.82, 2.24) is 4.98 Å². The van der Waals surface area contributed by atoms with Gasteiger partial charge in [0.2, 0.25) is 0 Å². The molecule has 1 aromatic heterocycles. The predicted octanol–water partition coefficient (Wildman–Crippen LogP) is 10.7. The van der Waals surface area contributed by atoms with E-state index in [1.165, 1.54) is 72.3 Å². The largest absolute Gasteiger partial charge is 0.307 e. The summed E-state index contributed by atoms with van der Waals surface area (Å²) in [5.74, 6) is 0. The Morgan fingerprint density at radius 1 is 0.500 bits per heavy atom. The minimum atomic E-state index is 0.820. The Morgan fingerprint density at radius 3 is 1.73 bits per heavy atom. The van der Waals surface area contributed by atoms with E-state index in [-0.39, 0.29) is 0 Å². The molecule has 0 aliphatic heterocycles. The minimum Gasteiger partial charge on any atom is -0.307 e. The van der Waals surface area contributed by atoms with Crippen LogP contribution in [0.25, 0.3) is 83.4 Å². The van der Waals surface area contributed by atoms with E-state index in [2.05, 4.69) is 126 Å². The molecule has 8 rings (SSSR count). The minimum absolute atomic E-state index is 0.820. The van der Waals surface area contributed by atoms with E-state index in [4.69, 9.17) is 10.4 Å². The molecule has 44 heavy (non-hydrogen) atoms. The summed E-state index contributed by atoms with van der Waals surface area (Å²) in [6.07, 6.45) is 6.14. The van der Waals surface area contributed by atoms with Gasteiger partial charge in [0.25, 0.3) is 0 Å². The number of aliphatic imine (C=N–C) groups is 1. The second-order valence-corrected chi connectivity index (χ2v) is 10.9. The highest BCUT2D eigenvalue weighted by Crippen LogP contribution is 2.58. The van der Waals surface area contributed by atoms with Gasteiger partial charge < -0.3 is 5.41 Å². The fourth-order valence-electron chi connectivity index (χ4n) is 6.74. The number of pyridine rings is 1. The normalized spacial score (nSPS) is 12.0. The van der Waals surface area contributed by atoms with Crippen molar-refractivity contribution in [1.29, 1.82) is 5.41 Å². The molecule has 1 aliphatic carbocycles. The summed E-state index contributed by atoms with van der Waals surface area (Å²) in [7, 11) is 0. The summed E-state index contributed by atoms with van der Waals surface area (Å²) in [5, 5.41) is 12.1. The third-order valence-corrected chi connectivity index (χ3v) is 8.46. The van der Waals surface area contributed by atoms with E-state index in [1.807, 2.05) is 18.2 Å². The number of hydrogen-bond acceptors (Lipinski definition) is 3. The molecular weight excluding hydrogens is 534 g/mol. The first-order valence-electron chi connectivity index (χ1n) is 14.8. The third kappa shape index (κ3) is 4.10. The molecule has 7 aromatic rings. The molecule has 6 aromatic carbocycles. The van der Waals surface area contributed by atoms with Crippen molar-refractivity contribution in [2.75, 3.05) is 0 Å². The Kier molecular flexibility index (Phi) is 6.28. The van der Waals surface area contributed by atoms with E-state index in [0.717, 1.165) is 23.2 Å². The van der Waals surface area contributed by atoms with Crippen molar-refractivity contribution < 1.29 is 0 Å². The monoisotopic (exact) mass is 561 g/mol. The quantitative estimate of drug-likeness (QED) is 0.202. The molecule has 0 fully saturated rings. The molecule has 0 atom stereocenters. The molecule has 0 unspecified atom stereocenters. The third-order valence-electron chi connectivity index (χ3n) is 8.46. The highest BCUT2D eigenvalue weighted by atomic mass is 14.7. The lowest BCUT2D eigenvalue weighted by atomic mass is 9.82. The van der Waals surface area contributed by atoms with Crippen molar-refractivity contribution >= 4 is 40.1 Å². The molecule has 0 spiro atoms. The molecule has 1 heterocycles. The van der Waals surface area contributed by atoms with Crippen LogP contribution in [0.2, 0.25) is 0 Å². The highest BCUT2D eigenvalue weighted by Gasteiger charge is 2.31. The van der Waals surface area contributed by atoms with Crippen molar-refractivity contribution in [2.45, 2.75) is 0 Å². The molecule has 3 nitrogen and oxygen atoms in total. The standard InChI is InChI=1S/C41H27N3/c42-24-26-43-25-23-29-15-9-20-36(44-29)30-21-22-35-39-31(30)18-10-19-34(39)40-37(27-11-3-1-4-12-27)32-16-7-8-17-33(32)38(41(35)40)28-13-5-2-6-14-28/h1-26,42H/b25-23+,42-24?,43-26-. The number of benzene rings is 6. The molecule has 0 saturated carbocycles. The van der Waals surface area contributed by atoms with Crippen LogP contribution >= 0.6 is 0 Å². The molecular formula is C41H27N3. The zero-order chi connectivity index (χ0) is 29.5. The summed E-state index contributed by atoms with van der Waals surface area (Å²) in [6.45, 7) is 0. The van der Waals surface area contributed by atoms with Crippen molar-refractivity contribution in [3.63, 3.8) is 0 Å². The van der Waals surface area contributed by atoms with Crippen LogP contribution in [-0.2, 0) is 0 Å². The SMILES string of the molecule is N=C/C=N\C=C\c1cccc(-c2ccc3c4c(cccc24)-c2c-3c(-c3ccccc3)c3ccccc3c2-c2ccccc2)n1. The van der Waals surface area contributed by atoms with Crippen LogP contribution in [0.3, 0.4) is 0 Å². The van der Waals surface area contributed by atoms with Crippen LogP contribution in [0, 0.1) is 5.41 Å². The first-order valence-corrected chi connectivity index (χ1v) is 14.8. The zero-order valence-electron chi connectivity index (χ0n) is 23.9. The lowest BCUT2D eigenvalue weighted by Gasteiger charge is -2.20. The molecule has 0 saturated heterocycles. The Hall–Kier alpha value is -5.93. The first-order chi connectivity index (χ1) is 21.8. The second kappa shape index (κ2) is 10.7. The van der Waals surface area contributed by atoms with Gasteiger partial charge in [0.1, 0.15) is 0 Å². The van der Waals surface area contributed by atoms with Gasteiger partial charge in [-0.2, -0.15) is 0 Å². The summed E-state index contributed by atoms with van der Waals surface area (Å²) >= 11 is 0. The summed E-state index contributed by atoms with van der Waals surface area (Å²) < 4.78 is 0. The molecule has 0 bridgehead atoms. The number of rotatable bonds is 6. The summed E-state index contributed by atoms with van der Waals surface area (Å²) in [4.78, 5) is 9.07. The van der Waals surface area contributed by atoms with E-state index in [1.54, 1.807) is 6.20 Å². The van der Waals surface area contributed by atoms with Crippen molar-refractivity contribution in [3.8, 4) is 55.8 Å². The maximum Gasteiger partial charge on any atom is 0.0715 e. The Morgan fingerprint density at radius 2 is 1.07 bits per heavy atom. The van der Waals surface area contributed by atoms with Crippen LogP contribution in [0.1, 0.15) is 5.69 Å². The number of hydrogen-bond donors (Lipinski definition) is 1. The number of nitrogens with one attached hydrogen (secondary N) is 1. The van der Waals surface area contributed by atoms with Crippen LogP contribution in [0.5, 0.6) is 0 Å². The van der Waals surface area contributed by atoms with Gasteiger partial charge in [-0.3, -0.25) is 4.99 Å². The lowest BCUT2D eigenvalue weighted by molar-refractivity contribution is 1.30. The smallest absolute Gasteiger partial charge is 0.0715 e. The van der Waals surface area contributed by atoms with Gasteiger partial charge in [0.05, 0.1) is 11.4 Å². The topological polar surface area (TPSA) is 49.1 Å². The molecule has 0 radical (unpaired) electrons. The number of fused-ring (bicyclic) bond motifs is 4. The molecule has 3 heteroatoms. The van der Waals surface area contributed by atoms with Gasteiger partial charge in [0.15, 0.2) is 0 Å². The molecule has 1 N–H and O–H groups in total. The Labute approximate surface area is 256 Å². The Balaban J connectivity index is 1.45. The summed E-state index contributed by atoms with van der Waals surface area (Å²) in [5.41, 5.74) is 12.9. The maximum absolute atomic E-state index is 7.14. The number of aromatic nitrogens is 1. The maximum atomic E-state index is 7.14. The Bertz CT molecular complexity index is 2190. The van der Waals surface area contributed by atoms with Crippen LogP contribution in [0.4, 0.5) is 0 Å². The average Bonchev–Trinajstić information content (AvgIpc) is 3.41. The lowest BCUT2D eigenvalue weighted by Crippen LogP contribution is -1.93.